The van der Waals surface area contributed by atoms with E-state index in [1.54, 1.807) is 0 Å². The van der Waals surface area contributed by atoms with Gasteiger partial charge in [-0.15, -0.1) is 0 Å². The minimum atomic E-state index is -3.66. The van der Waals surface area contributed by atoms with Crippen molar-refractivity contribution in [3.8, 4) is 0 Å². The zero-order valence-electron chi connectivity index (χ0n) is 12.6. The largest absolute Gasteiger partial charge is 0.273 e. The standard InChI is InChI=1S/C15H19F2NO3S/c1-3-4-8-22(20,21)18(2)15(19)11-9-10(11)14-12(16)6-5-7-13(14)17/h5-7,10-11H,3-4,8-9H2,1-2H3/t10-,11+/m0/s1. The first-order chi connectivity index (χ1) is 10.3. The number of hydrogen-bond acceptors (Lipinski definition) is 3. The number of halogens is 2. The summed E-state index contributed by atoms with van der Waals surface area (Å²) in [6.07, 6.45) is 1.44. The lowest BCUT2D eigenvalue weighted by molar-refractivity contribution is -0.127. The summed E-state index contributed by atoms with van der Waals surface area (Å²) in [5, 5.41) is 0. The smallest absolute Gasteiger partial charge is 0.239 e. The van der Waals surface area contributed by atoms with Crippen LogP contribution in [-0.2, 0) is 14.8 Å². The van der Waals surface area contributed by atoms with E-state index in [9.17, 15) is 22.0 Å². The van der Waals surface area contributed by atoms with Gasteiger partial charge in [0.05, 0.1) is 5.75 Å². The zero-order chi connectivity index (χ0) is 16.5. The monoisotopic (exact) mass is 331 g/mol. The first-order valence-corrected chi connectivity index (χ1v) is 8.84. The van der Waals surface area contributed by atoms with Crippen molar-refractivity contribution in [3.63, 3.8) is 0 Å². The van der Waals surface area contributed by atoms with E-state index in [4.69, 9.17) is 0 Å². The maximum absolute atomic E-state index is 13.7. The van der Waals surface area contributed by atoms with Crippen molar-refractivity contribution in [3.05, 3.63) is 35.4 Å². The molecule has 1 aromatic rings. The van der Waals surface area contributed by atoms with Crippen molar-refractivity contribution >= 4 is 15.9 Å². The van der Waals surface area contributed by atoms with Crippen molar-refractivity contribution < 1.29 is 22.0 Å². The molecule has 0 heterocycles. The molecule has 0 N–H and O–H groups in total. The molecule has 0 saturated heterocycles. The van der Waals surface area contributed by atoms with E-state index in [0.717, 1.165) is 16.4 Å². The first-order valence-electron chi connectivity index (χ1n) is 7.24. The van der Waals surface area contributed by atoms with Gasteiger partial charge in [-0.2, -0.15) is 0 Å². The van der Waals surface area contributed by atoms with Crippen LogP contribution < -0.4 is 0 Å². The maximum atomic E-state index is 13.7. The summed E-state index contributed by atoms with van der Waals surface area (Å²) in [5.74, 6) is -3.35. The third-order valence-corrected chi connectivity index (χ3v) is 5.78. The number of sulfonamides is 1. The van der Waals surface area contributed by atoms with Gasteiger partial charge in [0.2, 0.25) is 15.9 Å². The number of hydrogen-bond donors (Lipinski definition) is 0. The summed E-state index contributed by atoms with van der Waals surface area (Å²) in [6.45, 7) is 1.86. The van der Waals surface area contributed by atoms with Crippen molar-refractivity contribution in [1.29, 1.82) is 0 Å². The fourth-order valence-corrected chi connectivity index (χ4v) is 3.82. The Morgan fingerprint density at radius 3 is 2.45 bits per heavy atom. The van der Waals surface area contributed by atoms with Crippen LogP contribution in [-0.4, -0.2) is 31.4 Å². The third-order valence-electron chi connectivity index (χ3n) is 3.96. The molecule has 1 amide bonds. The lowest BCUT2D eigenvalue weighted by Gasteiger charge is -2.17. The van der Waals surface area contributed by atoms with E-state index in [-0.39, 0.29) is 17.7 Å². The normalized spacial score (nSPS) is 20.7. The Balaban J connectivity index is 2.10. The topological polar surface area (TPSA) is 54.5 Å². The van der Waals surface area contributed by atoms with E-state index in [1.807, 2.05) is 6.92 Å². The van der Waals surface area contributed by atoms with Crippen LogP contribution in [0.2, 0.25) is 0 Å². The first kappa shape index (κ1) is 16.9. The molecule has 7 heteroatoms. The van der Waals surface area contributed by atoms with Crippen LogP contribution >= 0.6 is 0 Å². The molecule has 0 unspecified atom stereocenters. The summed E-state index contributed by atoms with van der Waals surface area (Å²) >= 11 is 0. The average molecular weight is 331 g/mol. The van der Waals surface area contributed by atoms with E-state index in [1.165, 1.54) is 13.1 Å². The quantitative estimate of drug-likeness (QED) is 0.805. The Kier molecular flexibility index (Phi) is 4.84. The van der Waals surface area contributed by atoms with Gasteiger partial charge in [-0.25, -0.2) is 21.5 Å². The molecular formula is C15H19F2NO3S. The predicted molar refractivity (Wildman–Crippen MR) is 78.7 cm³/mol. The fourth-order valence-electron chi connectivity index (χ4n) is 2.49. The third kappa shape index (κ3) is 3.29. The number of carbonyl (C=O) groups excluding carboxylic acids is 1. The Bertz CT molecular complexity index is 655. The van der Waals surface area contributed by atoms with Gasteiger partial charge < -0.3 is 0 Å². The predicted octanol–water partition coefficient (Wildman–Crippen LogP) is 2.66. The SMILES string of the molecule is CCCCS(=O)(=O)N(C)C(=O)[C@@H]1C[C@@H]1c1c(F)cccc1F. The zero-order valence-corrected chi connectivity index (χ0v) is 13.4. The van der Waals surface area contributed by atoms with Gasteiger partial charge in [-0.05, 0) is 25.0 Å². The van der Waals surface area contributed by atoms with E-state index < -0.39 is 39.4 Å². The molecule has 1 saturated carbocycles. The van der Waals surface area contributed by atoms with Crippen LogP contribution in [0.4, 0.5) is 8.78 Å². The highest BCUT2D eigenvalue weighted by Gasteiger charge is 2.49. The highest BCUT2D eigenvalue weighted by Crippen LogP contribution is 2.50. The molecule has 0 spiro atoms. The number of rotatable bonds is 6. The second-order valence-corrected chi connectivity index (χ2v) is 7.68. The molecule has 4 nitrogen and oxygen atoms in total. The molecule has 22 heavy (non-hydrogen) atoms. The molecule has 0 bridgehead atoms. The summed E-state index contributed by atoms with van der Waals surface area (Å²) < 4.78 is 52.1. The summed E-state index contributed by atoms with van der Waals surface area (Å²) in [5.41, 5.74) is -0.125. The molecule has 2 rings (SSSR count). The molecule has 1 aliphatic rings. The van der Waals surface area contributed by atoms with E-state index in [0.29, 0.717) is 12.8 Å². The van der Waals surface area contributed by atoms with Gasteiger partial charge in [0.1, 0.15) is 11.6 Å². The van der Waals surface area contributed by atoms with Gasteiger partial charge in [0.25, 0.3) is 0 Å². The number of benzene rings is 1. The van der Waals surface area contributed by atoms with Gasteiger partial charge in [-0.1, -0.05) is 19.4 Å². The number of amides is 1. The van der Waals surface area contributed by atoms with Crippen molar-refractivity contribution in [2.24, 2.45) is 5.92 Å². The van der Waals surface area contributed by atoms with Gasteiger partial charge in [0.15, 0.2) is 0 Å². The van der Waals surface area contributed by atoms with E-state index >= 15 is 0 Å². The minimum Gasteiger partial charge on any atom is -0.273 e. The van der Waals surface area contributed by atoms with Crippen molar-refractivity contribution in [2.75, 3.05) is 12.8 Å². The molecule has 2 atom stereocenters. The molecule has 1 fully saturated rings. The van der Waals surface area contributed by atoms with Gasteiger partial charge >= 0.3 is 0 Å². The summed E-state index contributed by atoms with van der Waals surface area (Å²) in [6, 6.07) is 3.54. The Morgan fingerprint density at radius 1 is 1.32 bits per heavy atom. The second kappa shape index (κ2) is 6.32. The van der Waals surface area contributed by atoms with Crippen LogP contribution in [0.15, 0.2) is 18.2 Å². The van der Waals surface area contributed by atoms with Crippen LogP contribution in [0.5, 0.6) is 0 Å². The lowest BCUT2D eigenvalue weighted by Crippen LogP contribution is -2.36. The van der Waals surface area contributed by atoms with E-state index in [2.05, 4.69) is 0 Å². The van der Waals surface area contributed by atoms with Crippen LogP contribution in [0.1, 0.15) is 37.7 Å². The fraction of sp³-hybridized carbons (Fsp3) is 0.533. The molecule has 0 aliphatic heterocycles. The van der Waals surface area contributed by atoms with Crippen molar-refractivity contribution in [2.45, 2.75) is 32.1 Å². The second-order valence-electron chi connectivity index (χ2n) is 5.56. The Labute approximate surface area is 129 Å². The number of nitrogens with zero attached hydrogens (tertiary/aromatic N) is 1. The maximum Gasteiger partial charge on any atom is 0.239 e. The Morgan fingerprint density at radius 2 is 1.91 bits per heavy atom. The van der Waals surface area contributed by atoms with Crippen LogP contribution in [0, 0.1) is 17.6 Å². The van der Waals surface area contributed by atoms with Gasteiger partial charge in [0, 0.05) is 24.4 Å². The number of carbonyl (C=O) groups is 1. The Hall–Kier alpha value is -1.50. The minimum absolute atomic E-state index is 0.100. The molecule has 122 valence electrons. The van der Waals surface area contributed by atoms with Crippen LogP contribution in [0.25, 0.3) is 0 Å². The molecule has 1 aliphatic carbocycles. The van der Waals surface area contributed by atoms with Crippen molar-refractivity contribution in [1.82, 2.24) is 4.31 Å². The molecular weight excluding hydrogens is 312 g/mol. The highest BCUT2D eigenvalue weighted by molar-refractivity contribution is 7.89. The van der Waals surface area contributed by atoms with Gasteiger partial charge in [-0.3, -0.25) is 4.79 Å². The molecule has 0 aromatic heterocycles. The highest BCUT2D eigenvalue weighted by atomic mass is 32.2. The number of unbranched alkanes of at least 4 members (excludes halogenated alkanes) is 1. The molecule has 0 radical (unpaired) electrons. The lowest BCUT2D eigenvalue weighted by atomic mass is 10.1. The summed E-state index contributed by atoms with van der Waals surface area (Å²) in [4.78, 5) is 12.2. The van der Waals surface area contributed by atoms with Crippen LogP contribution in [0.3, 0.4) is 0 Å². The average Bonchev–Trinajstić information content (AvgIpc) is 3.23. The summed E-state index contributed by atoms with van der Waals surface area (Å²) in [7, 11) is -2.45. The molecule has 1 aromatic carbocycles.